The molecule has 0 amide bonds. The summed E-state index contributed by atoms with van der Waals surface area (Å²) in [4.78, 5) is 32.1. The van der Waals surface area contributed by atoms with E-state index in [0.29, 0.717) is 0 Å². The van der Waals surface area contributed by atoms with Crippen molar-refractivity contribution in [2.75, 3.05) is 0 Å². The van der Waals surface area contributed by atoms with Crippen LogP contribution < -0.4 is 0 Å². The molecule has 6 nitrogen and oxygen atoms in total. The summed E-state index contributed by atoms with van der Waals surface area (Å²) in [5.74, 6) is -2.28. The van der Waals surface area contributed by atoms with Gasteiger partial charge in [0.25, 0.3) is 5.69 Å². The van der Waals surface area contributed by atoms with Crippen LogP contribution in [-0.2, 0) is 4.79 Å². The van der Waals surface area contributed by atoms with Crippen molar-refractivity contribution >= 4 is 17.4 Å². The average molecular weight is 237 g/mol. The Balaban J connectivity index is 2.86. The number of carboxylic acids is 1. The summed E-state index contributed by atoms with van der Waals surface area (Å²) >= 11 is 0. The predicted octanol–water partition coefficient (Wildman–Crippen LogP) is 1.89. The van der Waals surface area contributed by atoms with Gasteiger partial charge in [0.1, 0.15) is 0 Å². The van der Waals surface area contributed by atoms with Crippen LogP contribution in [0.25, 0.3) is 0 Å². The van der Waals surface area contributed by atoms with Crippen LogP contribution in [0.15, 0.2) is 24.3 Å². The van der Waals surface area contributed by atoms with Gasteiger partial charge in [-0.15, -0.1) is 0 Å². The Morgan fingerprint density at radius 3 is 2.65 bits per heavy atom. The fourth-order valence-electron chi connectivity index (χ4n) is 1.28. The maximum atomic E-state index is 11.6. The molecule has 0 saturated carbocycles. The first kappa shape index (κ1) is 12.8. The van der Waals surface area contributed by atoms with Gasteiger partial charge >= 0.3 is 5.97 Å². The molecule has 90 valence electrons. The minimum absolute atomic E-state index is 0.160. The number of nitrogens with zero attached hydrogens (tertiary/aromatic N) is 1. The molecule has 1 N–H and O–H groups in total. The van der Waals surface area contributed by atoms with Gasteiger partial charge < -0.3 is 5.11 Å². The summed E-state index contributed by atoms with van der Waals surface area (Å²) in [6, 6.07) is 5.26. The third-order valence-corrected chi connectivity index (χ3v) is 2.29. The van der Waals surface area contributed by atoms with Crippen LogP contribution >= 0.6 is 0 Å². The second kappa shape index (κ2) is 5.20. The lowest BCUT2D eigenvalue weighted by Gasteiger charge is -2.04. The predicted molar refractivity (Wildman–Crippen MR) is 58.8 cm³/mol. The van der Waals surface area contributed by atoms with E-state index in [1.807, 2.05) is 0 Å². The number of non-ortho nitro benzene ring substituents is 1. The van der Waals surface area contributed by atoms with Crippen molar-refractivity contribution < 1.29 is 19.6 Å². The summed E-state index contributed by atoms with van der Waals surface area (Å²) in [7, 11) is 0. The number of hydrogen-bond acceptors (Lipinski definition) is 4. The smallest absolute Gasteiger partial charge is 0.306 e. The Hall–Kier alpha value is -2.24. The fourth-order valence-corrected chi connectivity index (χ4v) is 1.28. The molecule has 0 saturated heterocycles. The van der Waals surface area contributed by atoms with Gasteiger partial charge in [0.2, 0.25) is 0 Å². The number of benzene rings is 1. The van der Waals surface area contributed by atoms with Gasteiger partial charge in [-0.25, -0.2) is 0 Å². The number of Topliss-reactive ketones (excluding diaryl/α,β-unsaturated/α-hetero) is 1. The summed E-state index contributed by atoms with van der Waals surface area (Å²) in [6.45, 7) is 1.41. The van der Waals surface area contributed by atoms with E-state index >= 15 is 0 Å². The quantitative estimate of drug-likeness (QED) is 0.479. The van der Waals surface area contributed by atoms with Gasteiger partial charge in [0, 0.05) is 24.1 Å². The second-order valence-electron chi connectivity index (χ2n) is 3.67. The third kappa shape index (κ3) is 3.37. The van der Waals surface area contributed by atoms with Crippen molar-refractivity contribution in [3.8, 4) is 0 Å². The molecule has 0 bridgehead atoms. The van der Waals surface area contributed by atoms with E-state index in [1.165, 1.54) is 25.1 Å². The number of nitro benzene ring substituents is 1. The van der Waals surface area contributed by atoms with Crippen molar-refractivity contribution in [2.45, 2.75) is 13.3 Å². The van der Waals surface area contributed by atoms with E-state index in [2.05, 4.69) is 0 Å². The van der Waals surface area contributed by atoms with E-state index in [9.17, 15) is 19.7 Å². The van der Waals surface area contributed by atoms with Crippen LogP contribution in [0.3, 0.4) is 0 Å². The van der Waals surface area contributed by atoms with E-state index in [-0.39, 0.29) is 17.7 Å². The van der Waals surface area contributed by atoms with Crippen LogP contribution in [0.5, 0.6) is 0 Å². The lowest BCUT2D eigenvalue weighted by Crippen LogP contribution is -2.14. The molecule has 0 aliphatic carbocycles. The van der Waals surface area contributed by atoms with Crippen molar-refractivity contribution in [3.05, 3.63) is 39.9 Å². The zero-order chi connectivity index (χ0) is 13.0. The van der Waals surface area contributed by atoms with E-state index < -0.39 is 22.6 Å². The maximum absolute atomic E-state index is 11.6. The van der Waals surface area contributed by atoms with Crippen LogP contribution in [0, 0.1) is 16.0 Å². The molecule has 0 aromatic heterocycles. The van der Waals surface area contributed by atoms with Crippen LogP contribution in [-0.4, -0.2) is 21.8 Å². The molecule has 0 heterocycles. The highest BCUT2D eigenvalue weighted by molar-refractivity contribution is 5.98. The minimum atomic E-state index is -1.07. The van der Waals surface area contributed by atoms with Crippen LogP contribution in [0.1, 0.15) is 23.7 Å². The number of nitro groups is 1. The average Bonchev–Trinajstić information content (AvgIpc) is 2.28. The summed E-state index contributed by atoms with van der Waals surface area (Å²) in [6.07, 6.45) is -0.170. The topological polar surface area (TPSA) is 97.5 Å². The number of aliphatic carboxylic acids is 1. The highest BCUT2D eigenvalue weighted by Gasteiger charge is 2.18. The number of carboxylic acid groups (broad SMARTS) is 1. The van der Waals surface area contributed by atoms with E-state index in [1.54, 1.807) is 0 Å². The molecule has 1 aromatic rings. The molecule has 1 rings (SSSR count). The largest absolute Gasteiger partial charge is 0.481 e. The van der Waals surface area contributed by atoms with Crippen molar-refractivity contribution in [1.29, 1.82) is 0 Å². The van der Waals surface area contributed by atoms with Crippen molar-refractivity contribution in [1.82, 2.24) is 0 Å². The second-order valence-corrected chi connectivity index (χ2v) is 3.67. The molecule has 0 unspecified atom stereocenters. The number of hydrogen-bond donors (Lipinski definition) is 1. The first-order valence-electron chi connectivity index (χ1n) is 4.92. The van der Waals surface area contributed by atoms with Crippen molar-refractivity contribution in [2.24, 2.45) is 5.92 Å². The van der Waals surface area contributed by atoms with Crippen LogP contribution in [0.2, 0.25) is 0 Å². The monoisotopic (exact) mass is 237 g/mol. The van der Waals surface area contributed by atoms with Gasteiger partial charge in [0.15, 0.2) is 5.78 Å². The van der Waals surface area contributed by atoms with Crippen LogP contribution in [0.4, 0.5) is 5.69 Å². The minimum Gasteiger partial charge on any atom is -0.481 e. The zero-order valence-electron chi connectivity index (χ0n) is 9.12. The molecule has 0 aliphatic heterocycles. The Kier molecular flexibility index (Phi) is 3.92. The number of carbonyl (C=O) groups is 2. The summed E-state index contributed by atoms with van der Waals surface area (Å²) < 4.78 is 0. The molecule has 6 heteroatoms. The molecular formula is C11H11NO5. The standard InChI is InChI=1S/C11H11NO5/c1-7(11(14)15)5-10(13)8-3-2-4-9(6-8)12(16)17/h2-4,6-7H,5H2,1H3,(H,14,15)/t7-/m1/s1. The SMILES string of the molecule is C[C@H](CC(=O)c1cccc([N+](=O)[O-])c1)C(=O)O. The molecule has 0 fully saturated rings. The zero-order valence-corrected chi connectivity index (χ0v) is 9.12. The molecule has 0 aliphatic rings. The van der Waals surface area contributed by atoms with E-state index in [0.717, 1.165) is 6.07 Å². The van der Waals surface area contributed by atoms with E-state index in [4.69, 9.17) is 5.11 Å². The Morgan fingerprint density at radius 1 is 1.47 bits per heavy atom. The van der Waals surface area contributed by atoms with Crippen molar-refractivity contribution in [3.63, 3.8) is 0 Å². The Labute approximate surface area is 97.0 Å². The number of carbonyl (C=O) groups excluding carboxylic acids is 1. The van der Waals surface area contributed by atoms with Gasteiger partial charge in [-0.05, 0) is 0 Å². The Morgan fingerprint density at radius 2 is 2.12 bits per heavy atom. The number of rotatable bonds is 5. The first-order valence-corrected chi connectivity index (χ1v) is 4.92. The highest BCUT2D eigenvalue weighted by Crippen LogP contribution is 2.16. The van der Waals surface area contributed by atoms with Gasteiger partial charge in [-0.1, -0.05) is 19.1 Å². The highest BCUT2D eigenvalue weighted by atomic mass is 16.6. The fraction of sp³-hybridized carbons (Fsp3) is 0.273. The molecule has 1 atom stereocenters. The molecule has 0 radical (unpaired) electrons. The van der Waals surface area contributed by atoms with Gasteiger partial charge in [-0.2, -0.15) is 0 Å². The Bertz CT molecular complexity index is 469. The lowest BCUT2D eigenvalue weighted by molar-refractivity contribution is -0.384. The maximum Gasteiger partial charge on any atom is 0.306 e. The molecule has 1 aromatic carbocycles. The summed E-state index contributed by atoms with van der Waals surface area (Å²) in [5, 5.41) is 19.2. The van der Waals surface area contributed by atoms with Gasteiger partial charge in [0.05, 0.1) is 10.8 Å². The molecule has 0 spiro atoms. The normalized spacial score (nSPS) is 11.8. The van der Waals surface area contributed by atoms with Gasteiger partial charge in [-0.3, -0.25) is 19.7 Å². The molecular weight excluding hydrogens is 226 g/mol. The summed E-state index contributed by atoms with van der Waals surface area (Å²) in [5.41, 5.74) is -0.0221. The number of ketones is 1. The molecule has 17 heavy (non-hydrogen) atoms. The third-order valence-electron chi connectivity index (χ3n) is 2.29. The lowest BCUT2D eigenvalue weighted by atomic mass is 10.00. The first-order chi connectivity index (χ1) is 7.91.